The number of urea groups is 1. The van der Waals surface area contributed by atoms with E-state index in [-0.39, 0.29) is 18.6 Å². The Labute approximate surface area is 147 Å². The molecule has 0 aliphatic carbocycles. The zero-order valence-corrected chi connectivity index (χ0v) is 14.6. The molecule has 0 spiro atoms. The second-order valence-electron chi connectivity index (χ2n) is 6.10. The average molecular weight is 350 g/mol. The highest BCUT2D eigenvalue weighted by Crippen LogP contribution is 2.18. The summed E-state index contributed by atoms with van der Waals surface area (Å²) in [5.41, 5.74) is 0.970. The molecular formula is C18H26N2O5. The normalized spacial score (nSPS) is 16.4. The van der Waals surface area contributed by atoms with Crippen molar-refractivity contribution in [3.8, 4) is 5.75 Å². The van der Waals surface area contributed by atoms with Crippen molar-refractivity contribution >= 4 is 12.0 Å². The minimum atomic E-state index is -0.859. The Morgan fingerprint density at radius 1 is 1.44 bits per heavy atom. The minimum Gasteiger partial charge on any atom is -0.497 e. The molecule has 1 unspecified atom stereocenters. The van der Waals surface area contributed by atoms with Crippen molar-refractivity contribution in [3.63, 3.8) is 0 Å². The summed E-state index contributed by atoms with van der Waals surface area (Å²) in [6, 6.07) is 7.40. The Kier molecular flexibility index (Phi) is 7.53. The molecule has 7 nitrogen and oxygen atoms in total. The molecule has 0 bridgehead atoms. The number of methoxy groups -OCH3 is 1. The third-order valence-corrected chi connectivity index (χ3v) is 4.09. The van der Waals surface area contributed by atoms with Crippen LogP contribution in [0.25, 0.3) is 0 Å². The fourth-order valence-electron chi connectivity index (χ4n) is 2.79. The van der Waals surface area contributed by atoms with Crippen LogP contribution in [0.15, 0.2) is 24.3 Å². The highest BCUT2D eigenvalue weighted by Gasteiger charge is 2.22. The Balaban J connectivity index is 1.95. The fraction of sp³-hybridized carbons (Fsp3) is 0.556. The number of ether oxygens (including phenoxy) is 2. The predicted molar refractivity (Wildman–Crippen MR) is 92.6 cm³/mol. The monoisotopic (exact) mass is 350 g/mol. The van der Waals surface area contributed by atoms with Gasteiger partial charge in [0.25, 0.3) is 0 Å². The number of hydrogen-bond acceptors (Lipinski definition) is 4. The summed E-state index contributed by atoms with van der Waals surface area (Å²) >= 11 is 0. The van der Waals surface area contributed by atoms with Gasteiger partial charge in [0.15, 0.2) is 0 Å². The Bertz CT molecular complexity index is 572. The van der Waals surface area contributed by atoms with E-state index in [0.717, 1.165) is 30.8 Å². The van der Waals surface area contributed by atoms with Gasteiger partial charge in [0, 0.05) is 32.7 Å². The summed E-state index contributed by atoms with van der Waals surface area (Å²) in [5, 5.41) is 11.5. The maximum atomic E-state index is 12.5. The number of benzene rings is 1. The van der Waals surface area contributed by atoms with E-state index in [0.29, 0.717) is 26.1 Å². The van der Waals surface area contributed by atoms with Crippen LogP contribution in [0.4, 0.5) is 4.79 Å². The molecule has 25 heavy (non-hydrogen) atoms. The first-order chi connectivity index (χ1) is 12.1. The van der Waals surface area contributed by atoms with E-state index in [1.807, 2.05) is 24.3 Å². The molecule has 1 fully saturated rings. The van der Waals surface area contributed by atoms with Crippen LogP contribution in [0, 0.1) is 0 Å². The van der Waals surface area contributed by atoms with Gasteiger partial charge in [0.2, 0.25) is 0 Å². The molecule has 1 saturated heterocycles. The molecule has 0 aromatic heterocycles. The van der Waals surface area contributed by atoms with Crippen LogP contribution in [-0.4, -0.2) is 54.9 Å². The first kappa shape index (κ1) is 19.1. The third kappa shape index (κ3) is 6.62. The van der Waals surface area contributed by atoms with E-state index in [1.165, 1.54) is 0 Å². The fourth-order valence-corrected chi connectivity index (χ4v) is 2.79. The molecule has 1 aromatic rings. The number of amides is 2. The zero-order valence-electron chi connectivity index (χ0n) is 14.6. The number of carbonyl (C=O) groups is 2. The van der Waals surface area contributed by atoms with E-state index < -0.39 is 5.97 Å². The number of carboxylic acids is 1. The van der Waals surface area contributed by atoms with E-state index in [2.05, 4.69) is 5.32 Å². The summed E-state index contributed by atoms with van der Waals surface area (Å²) in [4.78, 5) is 24.8. The van der Waals surface area contributed by atoms with Crippen LogP contribution in [0.2, 0.25) is 0 Å². The second kappa shape index (κ2) is 9.88. The lowest BCUT2D eigenvalue weighted by Crippen LogP contribution is -2.43. The maximum absolute atomic E-state index is 12.5. The minimum absolute atomic E-state index is 0.0436. The van der Waals surface area contributed by atoms with Crippen molar-refractivity contribution in [3.05, 3.63) is 29.8 Å². The van der Waals surface area contributed by atoms with Crippen LogP contribution in [0.3, 0.4) is 0 Å². The summed E-state index contributed by atoms with van der Waals surface area (Å²) in [7, 11) is 1.61. The van der Waals surface area contributed by atoms with Gasteiger partial charge in [-0.2, -0.15) is 0 Å². The largest absolute Gasteiger partial charge is 0.497 e. The Hall–Kier alpha value is -2.28. The number of nitrogens with zero attached hydrogens (tertiary/aromatic N) is 1. The molecule has 2 N–H and O–H groups in total. The average Bonchev–Trinajstić information content (AvgIpc) is 3.11. The van der Waals surface area contributed by atoms with Gasteiger partial charge in [-0.1, -0.05) is 12.1 Å². The predicted octanol–water partition coefficient (Wildman–Crippen LogP) is 2.25. The molecular weight excluding hydrogens is 324 g/mol. The standard InChI is InChI=1S/C18H26N2O5/c1-24-15-6-2-5-14(11-15)12-20(13-16-7-4-10-25-16)18(23)19-9-3-8-17(21)22/h2,5-6,11,16H,3-4,7-10,12-13H2,1H3,(H,19,23)(H,21,22). The van der Waals surface area contributed by atoms with Crippen LogP contribution in [0.1, 0.15) is 31.2 Å². The van der Waals surface area contributed by atoms with Gasteiger partial charge in [0.05, 0.1) is 13.2 Å². The van der Waals surface area contributed by atoms with Crippen LogP contribution in [0.5, 0.6) is 5.75 Å². The van der Waals surface area contributed by atoms with Gasteiger partial charge < -0.3 is 24.8 Å². The highest BCUT2D eigenvalue weighted by atomic mass is 16.5. The lowest BCUT2D eigenvalue weighted by molar-refractivity contribution is -0.137. The molecule has 1 aliphatic heterocycles. The summed E-state index contributed by atoms with van der Waals surface area (Å²) in [6.45, 7) is 2.03. The van der Waals surface area contributed by atoms with Crippen LogP contribution in [-0.2, 0) is 16.1 Å². The van der Waals surface area contributed by atoms with Gasteiger partial charge in [-0.3, -0.25) is 4.79 Å². The SMILES string of the molecule is COc1cccc(CN(CC2CCCO2)C(=O)NCCCC(=O)O)c1. The Morgan fingerprint density at radius 3 is 2.96 bits per heavy atom. The van der Waals surface area contributed by atoms with Crippen molar-refractivity contribution < 1.29 is 24.2 Å². The lowest BCUT2D eigenvalue weighted by atomic mass is 10.2. The van der Waals surface area contributed by atoms with Gasteiger partial charge in [0.1, 0.15) is 5.75 Å². The lowest BCUT2D eigenvalue weighted by Gasteiger charge is -2.26. The van der Waals surface area contributed by atoms with E-state index in [4.69, 9.17) is 14.6 Å². The number of carbonyl (C=O) groups excluding carboxylic acids is 1. The maximum Gasteiger partial charge on any atom is 0.317 e. The molecule has 1 aromatic carbocycles. The van der Waals surface area contributed by atoms with Crippen molar-refractivity contribution in [2.45, 2.75) is 38.3 Å². The second-order valence-corrected chi connectivity index (χ2v) is 6.10. The number of nitrogens with one attached hydrogen (secondary N) is 1. The molecule has 7 heteroatoms. The van der Waals surface area contributed by atoms with E-state index >= 15 is 0 Å². The summed E-state index contributed by atoms with van der Waals surface area (Å²) < 4.78 is 10.9. The zero-order chi connectivity index (χ0) is 18.1. The van der Waals surface area contributed by atoms with Gasteiger partial charge >= 0.3 is 12.0 Å². The van der Waals surface area contributed by atoms with E-state index in [1.54, 1.807) is 12.0 Å². The van der Waals surface area contributed by atoms with Crippen molar-refractivity contribution in [2.75, 3.05) is 26.8 Å². The molecule has 1 aliphatic rings. The summed E-state index contributed by atoms with van der Waals surface area (Å²) in [6.07, 6.45) is 2.46. The molecule has 2 amide bonds. The molecule has 138 valence electrons. The van der Waals surface area contributed by atoms with Crippen molar-refractivity contribution in [1.29, 1.82) is 0 Å². The van der Waals surface area contributed by atoms with Gasteiger partial charge in [-0.25, -0.2) is 4.79 Å². The van der Waals surface area contributed by atoms with E-state index in [9.17, 15) is 9.59 Å². The number of rotatable bonds is 9. The first-order valence-corrected chi connectivity index (χ1v) is 8.57. The van der Waals surface area contributed by atoms with Crippen LogP contribution >= 0.6 is 0 Å². The number of hydrogen-bond donors (Lipinski definition) is 2. The Morgan fingerprint density at radius 2 is 2.28 bits per heavy atom. The molecule has 1 heterocycles. The smallest absolute Gasteiger partial charge is 0.317 e. The summed E-state index contributed by atoms with van der Waals surface area (Å²) in [5.74, 6) is -0.113. The first-order valence-electron chi connectivity index (χ1n) is 8.57. The molecule has 2 rings (SSSR count). The third-order valence-electron chi connectivity index (χ3n) is 4.09. The van der Waals surface area contributed by atoms with Crippen molar-refractivity contribution in [1.82, 2.24) is 10.2 Å². The molecule has 1 atom stereocenters. The highest BCUT2D eigenvalue weighted by molar-refractivity contribution is 5.74. The topological polar surface area (TPSA) is 88.1 Å². The van der Waals surface area contributed by atoms with Crippen molar-refractivity contribution in [2.24, 2.45) is 0 Å². The quantitative estimate of drug-likeness (QED) is 0.667. The number of carboxylic acid groups (broad SMARTS) is 1. The number of aliphatic carboxylic acids is 1. The van der Waals surface area contributed by atoms with Gasteiger partial charge in [-0.05, 0) is 37.0 Å². The van der Waals surface area contributed by atoms with Gasteiger partial charge in [-0.15, -0.1) is 0 Å². The molecule has 0 radical (unpaired) electrons. The molecule has 0 saturated carbocycles. The van der Waals surface area contributed by atoms with Crippen LogP contribution < -0.4 is 10.1 Å².